The van der Waals surface area contributed by atoms with Crippen LogP contribution in [0.1, 0.15) is 6.92 Å². The summed E-state index contributed by atoms with van der Waals surface area (Å²) in [4.78, 5) is 23.9. The van der Waals surface area contributed by atoms with Gasteiger partial charge in [-0.15, -0.1) is 0 Å². The zero-order valence-corrected chi connectivity index (χ0v) is 14.9. The fourth-order valence-electron chi connectivity index (χ4n) is 2.60. The zero-order valence-electron chi connectivity index (χ0n) is 14.9. The third kappa shape index (κ3) is 4.52. The van der Waals surface area contributed by atoms with Crippen molar-refractivity contribution in [3.8, 4) is 16.9 Å². The van der Waals surface area contributed by atoms with E-state index in [4.69, 9.17) is 14.3 Å². The van der Waals surface area contributed by atoms with Crippen molar-refractivity contribution >= 4 is 16.9 Å². The molecule has 0 aliphatic rings. The molecule has 0 aliphatic carbocycles. The van der Waals surface area contributed by atoms with Gasteiger partial charge in [-0.25, -0.2) is 13.6 Å². The van der Waals surface area contributed by atoms with Crippen LogP contribution in [-0.2, 0) is 4.79 Å². The molecule has 0 radical (unpaired) electrons. The molecule has 0 unspecified atom stereocenters. The molecule has 8 heteroatoms. The molecule has 0 bridgehead atoms. The van der Waals surface area contributed by atoms with Crippen molar-refractivity contribution in [2.24, 2.45) is 0 Å². The van der Waals surface area contributed by atoms with Gasteiger partial charge < -0.3 is 19.6 Å². The van der Waals surface area contributed by atoms with Gasteiger partial charge in [0.25, 0.3) is 5.91 Å². The molecule has 28 heavy (non-hydrogen) atoms. The maximum Gasteiger partial charge on any atom is 0.344 e. The van der Waals surface area contributed by atoms with E-state index in [0.29, 0.717) is 17.2 Å². The summed E-state index contributed by atoms with van der Waals surface area (Å²) in [7, 11) is 0. The molecule has 146 valence electrons. The highest BCUT2D eigenvalue weighted by Crippen LogP contribution is 2.25. The largest absolute Gasteiger partial charge is 0.484 e. The molecule has 3 aromatic rings. The van der Waals surface area contributed by atoms with Crippen LogP contribution in [0.15, 0.2) is 51.7 Å². The monoisotopic (exact) mass is 389 g/mol. The molecule has 1 heterocycles. The zero-order chi connectivity index (χ0) is 20.3. The normalized spacial score (nSPS) is 12.0. The highest BCUT2D eigenvalue weighted by Gasteiger charge is 2.12. The lowest BCUT2D eigenvalue weighted by atomic mass is 10.1. The Labute approximate surface area is 158 Å². The van der Waals surface area contributed by atoms with Gasteiger partial charge in [-0.2, -0.15) is 0 Å². The van der Waals surface area contributed by atoms with E-state index in [1.54, 1.807) is 19.1 Å². The Kier molecular flexibility index (Phi) is 5.70. The van der Waals surface area contributed by atoms with E-state index < -0.39 is 29.2 Å². The number of amides is 1. The fourth-order valence-corrected chi connectivity index (χ4v) is 2.60. The molecular formula is C20H17F2NO5. The van der Waals surface area contributed by atoms with Crippen LogP contribution in [0.5, 0.6) is 5.75 Å². The lowest BCUT2D eigenvalue weighted by molar-refractivity contribution is -0.124. The minimum Gasteiger partial charge on any atom is -0.484 e. The van der Waals surface area contributed by atoms with Crippen LogP contribution in [0.25, 0.3) is 22.1 Å². The first-order valence-electron chi connectivity index (χ1n) is 8.43. The highest BCUT2D eigenvalue weighted by molar-refractivity contribution is 5.83. The van der Waals surface area contributed by atoms with E-state index in [1.807, 2.05) is 0 Å². The first-order chi connectivity index (χ1) is 13.4. The fraction of sp³-hybridized carbons (Fsp3) is 0.200. The molecule has 0 fully saturated rings. The molecular weight excluding hydrogens is 372 g/mol. The van der Waals surface area contributed by atoms with E-state index in [1.165, 1.54) is 12.1 Å². The quantitative estimate of drug-likeness (QED) is 0.633. The summed E-state index contributed by atoms with van der Waals surface area (Å²) in [5.41, 5.74) is -0.462. The van der Waals surface area contributed by atoms with Crippen LogP contribution in [0.3, 0.4) is 0 Å². The van der Waals surface area contributed by atoms with Crippen LogP contribution >= 0.6 is 0 Å². The van der Waals surface area contributed by atoms with Gasteiger partial charge in [0.2, 0.25) is 0 Å². The van der Waals surface area contributed by atoms with Crippen molar-refractivity contribution in [2.75, 3.05) is 13.2 Å². The number of halogens is 2. The third-order valence-corrected chi connectivity index (χ3v) is 3.93. The molecule has 1 atom stereocenters. The van der Waals surface area contributed by atoms with Crippen LogP contribution in [0.4, 0.5) is 8.78 Å². The van der Waals surface area contributed by atoms with Gasteiger partial charge in [0.05, 0.1) is 12.2 Å². The predicted molar refractivity (Wildman–Crippen MR) is 98.0 cm³/mol. The molecule has 6 nitrogen and oxygen atoms in total. The molecule has 0 aliphatic heterocycles. The van der Waals surface area contributed by atoms with Gasteiger partial charge >= 0.3 is 5.63 Å². The molecule has 3 rings (SSSR count). The number of hydrogen-bond donors (Lipinski definition) is 2. The predicted octanol–water partition coefficient (Wildman–Crippen LogP) is 2.61. The summed E-state index contributed by atoms with van der Waals surface area (Å²) in [6.07, 6.45) is 0. The third-order valence-electron chi connectivity index (χ3n) is 3.93. The van der Waals surface area contributed by atoms with Crippen molar-refractivity contribution in [3.05, 3.63) is 64.5 Å². The van der Waals surface area contributed by atoms with Crippen LogP contribution in [0, 0.1) is 11.6 Å². The maximum atomic E-state index is 13.4. The second-order valence-corrected chi connectivity index (χ2v) is 6.25. The summed E-state index contributed by atoms with van der Waals surface area (Å²) in [5, 5.41) is 12.0. The average molecular weight is 389 g/mol. The Morgan fingerprint density at radius 2 is 1.89 bits per heavy atom. The number of ether oxygens (including phenoxy) is 1. The summed E-state index contributed by atoms with van der Waals surface area (Å²) in [6.45, 7) is 1.18. The summed E-state index contributed by atoms with van der Waals surface area (Å²) in [5.74, 6) is -1.71. The Morgan fingerprint density at radius 1 is 1.18 bits per heavy atom. The summed E-state index contributed by atoms with van der Waals surface area (Å²) in [6, 6.07) is 8.49. The number of carbonyl (C=O) groups is 1. The highest BCUT2D eigenvalue weighted by atomic mass is 19.1. The van der Waals surface area contributed by atoms with Crippen molar-refractivity contribution < 1.29 is 27.8 Å². The second-order valence-electron chi connectivity index (χ2n) is 6.25. The molecule has 2 N–H and O–H groups in total. The molecule has 1 aromatic heterocycles. The smallest absolute Gasteiger partial charge is 0.344 e. The van der Waals surface area contributed by atoms with Crippen molar-refractivity contribution in [1.82, 2.24) is 5.32 Å². The maximum absolute atomic E-state index is 13.4. The van der Waals surface area contributed by atoms with Crippen molar-refractivity contribution in [2.45, 2.75) is 13.0 Å². The summed E-state index contributed by atoms with van der Waals surface area (Å²) < 4.78 is 37.5. The van der Waals surface area contributed by atoms with Crippen LogP contribution in [-0.4, -0.2) is 30.3 Å². The minimum absolute atomic E-state index is 0.0249. The Balaban J connectivity index is 1.84. The SMILES string of the molecule is C[C@@H](CO)NC(=O)COc1ccc2cc(-c3cc(F)cc(F)c3)c(=O)oc2c1. The molecule has 2 aromatic carbocycles. The van der Waals surface area contributed by atoms with Crippen molar-refractivity contribution in [1.29, 1.82) is 0 Å². The van der Waals surface area contributed by atoms with E-state index in [-0.39, 0.29) is 29.9 Å². The topological polar surface area (TPSA) is 88.8 Å². The number of rotatable bonds is 6. The number of hydrogen-bond acceptors (Lipinski definition) is 5. The van der Waals surface area contributed by atoms with Gasteiger partial charge in [0, 0.05) is 23.6 Å². The van der Waals surface area contributed by atoms with Gasteiger partial charge in [0.15, 0.2) is 6.61 Å². The minimum atomic E-state index is -0.799. The first-order valence-corrected chi connectivity index (χ1v) is 8.43. The average Bonchev–Trinajstić information content (AvgIpc) is 2.64. The Bertz CT molecular complexity index is 1060. The summed E-state index contributed by atoms with van der Waals surface area (Å²) >= 11 is 0. The molecule has 1 amide bonds. The number of fused-ring (bicyclic) bond motifs is 1. The number of aliphatic hydroxyl groups is 1. The molecule has 0 saturated heterocycles. The van der Waals surface area contributed by atoms with Gasteiger partial charge in [0.1, 0.15) is 23.0 Å². The Hall–Kier alpha value is -3.26. The number of nitrogens with one attached hydrogen (secondary N) is 1. The van der Waals surface area contributed by atoms with Crippen LogP contribution < -0.4 is 15.7 Å². The lowest BCUT2D eigenvalue weighted by Crippen LogP contribution is -2.38. The molecule has 0 spiro atoms. The second kappa shape index (κ2) is 8.18. The van der Waals surface area contributed by atoms with E-state index in [2.05, 4.69) is 5.32 Å². The van der Waals surface area contributed by atoms with Gasteiger partial charge in [-0.3, -0.25) is 4.79 Å². The van der Waals surface area contributed by atoms with E-state index >= 15 is 0 Å². The van der Waals surface area contributed by atoms with Gasteiger partial charge in [-0.05, 0) is 42.8 Å². The first kappa shape index (κ1) is 19.5. The van der Waals surface area contributed by atoms with E-state index in [9.17, 15) is 18.4 Å². The van der Waals surface area contributed by atoms with E-state index in [0.717, 1.165) is 12.1 Å². The number of carbonyl (C=O) groups excluding carboxylic acids is 1. The molecule has 0 saturated carbocycles. The lowest BCUT2D eigenvalue weighted by Gasteiger charge is -2.11. The number of benzene rings is 2. The van der Waals surface area contributed by atoms with Crippen molar-refractivity contribution in [3.63, 3.8) is 0 Å². The Morgan fingerprint density at radius 3 is 2.57 bits per heavy atom. The van der Waals surface area contributed by atoms with Gasteiger partial charge in [-0.1, -0.05) is 0 Å². The van der Waals surface area contributed by atoms with Crippen LogP contribution in [0.2, 0.25) is 0 Å². The standard InChI is InChI=1S/C20H17F2NO5/c1-11(9-24)23-19(25)10-27-16-3-2-12-6-17(20(26)28-18(12)8-16)13-4-14(21)7-15(22)5-13/h2-8,11,24H,9-10H2,1H3,(H,23,25)/t11-/m0/s1. The number of aliphatic hydroxyl groups excluding tert-OH is 1.